The molecule has 0 spiro atoms. The lowest BCUT2D eigenvalue weighted by molar-refractivity contribution is 0.340. The van der Waals surface area contributed by atoms with E-state index in [2.05, 4.69) is 22.5 Å². The first-order valence-corrected chi connectivity index (χ1v) is 9.34. The Morgan fingerprint density at radius 3 is 2.26 bits per heavy atom. The molecule has 0 radical (unpaired) electrons. The highest BCUT2D eigenvalue weighted by Gasteiger charge is 2.24. The maximum atomic E-state index is 12.9. The quantitative estimate of drug-likeness (QED) is 0.658. The number of ether oxygens (including phenoxy) is 1. The van der Waals surface area contributed by atoms with Crippen LogP contribution in [0.5, 0.6) is 5.75 Å². The van der Waals surface area contributed by atoms with Crippen LogP contribution in [0.25, 0.3) is 0 Å². The molecule has 23 heavy (non-hydrogen) atoms. The van der Waals surface area contributed by atoms with Crippen molar-refractivity contribution < 1.29 is 13.2 Å². The summed E-state index contributed by atoms with van der Waals surface area (Å²) in [4.78, 5) is 0.214. The minimum atomic E-state index is -3.67. The van der Waals surface area contributed by atoms with Crippen LogP contribution in [0.15, 0.2) is 70.6 Å². The number of sulfonamides is 1. The first kappa shape index (κ1) is 17.6. The molecule has 2 aromatic rings. The molecule has 0 unspecified atom stereocenters. The third-order valence-corrected chi connectivity index (χ3v) is 5.47. The van der Waals surface area contributed by atoms with Crippen molar-refractivity contribution in [2.45, 2.75) is 11.8 Å². The Morgan fingerprint density at radius 2 is 1.74 bits per heavy atom. The molecule has 0 aliphatic carbocycles. The minimum Gasteiger partial charge on any atom is -0.494 e. The van der Waals surface area contributed by atoms with Crippen molar-refractivity contribution in [2.24, 2.45) is 0 Å². The van der Waals surface area contributed by atoms with Gasteiger partial charge in [-0.15, -0.1) is 6.58 Å². The van der Waals surface area contributed by atoms with Gasteiger partial charge in [0.2, 0.25) is 0 Å². The molecule has 0 aliphatic heterocycles. The van der Waals surface area contributed by atoms with Gasteiger partial charge in [0, 0.05) is 4.47 Å². The van der Waals surface area contributed by atoms with Crippen LogP contribution < -0.4 is 9.04 Å². The van der Waals surface area contributed by atoms with Crippen LogP contribution in [0.3, 0.4) is 0 Å². The fraction of sp³-hybridized carbons (Fsp3) is 0.176. The number of nitrogens with zero attached hydrogens (tertiary/aromatic N) is 1. The molecule has 4 nitrogen and oxygen atoms in total. The van der Waals surface area contributed by atoms with Gasteiger partial charge in [-0.2, -0.15) is 0 Å². The van der Waals surface area contributed by atoms with Crippen molar-refractivity contribution in [3.63, 3.8) is 0 Å². The van der Waals surface area contributed by atoms with Crippen LogP contribution in [-0.2, 0) is 10.0 Å². The largest absolute Gasteiger partial charge is 0.494 e. The van der Waals surface area contributed by atoms with Gasteiger partial charge < -0.3 is 4.74 Å². The van der Waals surface area contributed by atoms with E-state index in [0.29, 0.717) is 18.0 Å². The van der Waals surface area contributed by atoms with E-state index in [4.69, 9.17) is 4.74 Å². The summed E-state index contributed by atoms with van der Waals surface area (Å²) in [5.41, 5.74) is 0.585. The SMILES string of the molecule is C=CCN(c1ccc(Br)cc1)S(=O)(=O)c1ccc(OCC)cc1. The molecular formula is C17H18BrNO3S. The zero-order chi connectivity index (χ0) is 16.9. The molecule has 0 N–H and O–H groups in total. The van der Waals surface area contributed by atoms with Gasteiger partial charge in [-0.3, -0.25) is 4.31 Å². The molecule has 0 amide bonds. The topological polar surface area (TPSA) is 46.6 Å². The van der Waals surface area contributed by atoms with Crippen LogP contribution in [0.4, 0.5) is 5.69 Å². The Balaban J connectivity index is 2.39. The fourth-order valence-corrected chi connectivity index (χ4v) is 3.77. The molecule has 122 valence electrons. The Labute approximate surface area is 145 Å². The summed E-state index contributed by atoms with van der Waals surface area (Å²) in [6.45, 7) is 6.26. The highest BCUT2D eigenvalue weighted by molar-refractivity contribution is 9.10. The minimum absolute atomic E-state index is 0.192. The Hall–Kier alpha value is -1.79. The molecule has 0 aromatic heterocycles. The van der Waals surface area contributed by atoms with E-state index >= 15 is 0 Å². The van der Waals surface area contributed by atoms with Gasteiger partial charge in [0.15, 0.2) is 0 Å². The molecular weight excluding hydrogens is 378 g/mol. The molecule has 0 atom stereocenters. The number of benzene rings is 2. The van der Waals surface area contributed by atoms with Gasteiger partial charge in [-0.05, 0) is 55.5 Å². The van der Waals surface area contributed by atoms with Crippen LogP contribution in [-0.4, -0.2) is 21.6 Å². The molecule has 0 bridgehead atoms. The summed E-state index contributed by atoms with van der Waals surface area (Å²) < 4.78 is 33.4. The lowest BCUT2D eigenvalue weighted by Gasteiger charge is -2.23. The average Bonchev–Trinajstić information content (AvgIpc) is 2.54. The summed E-state index contributed by atoms with van der Waals surface area (Å²) >= 11 is 3.35. The van der Waals surface area contributed by atoms with Gasteiger partial charge in [0.25, 0.3) is 10.0 Å². The lowest BCUT2D eigenvalue weighted by Crippen LogP contribution is -2.31. The van der Waals surface area contributed by atoms with Gasteiger partial charge in [0.1, 0.15) is 5.75 Å². The summed E-state index contributed by atoms with van der Waals surface area (Å²) in [7, 11) is -3.67. The van der Waals surface area contributed by atoms with Crippen LogP contribution in [0.2, 0.25) is 0 Å². The highest BCUT2D eigenvalue weighted by Crippen LogP contribution is 2.26. The number of halogens is 1. The monoisotopic (exact) mass is 395 g/mol. The second-order valence-corrected chi connectivity index (χ2v) is 7.48. The molecule has 2 rings (SSSR count). The van der Waals surface area contributed by atoms with Crippen molar-refractivity contribution in [3.8, 4) is 5.75 Å². The number of hydrogen-bond acceptors (Lipinski definition) is 3. The second kappa shape index (κ2) is 7.66. The molecule has 0 saturated heterocycles. The second-order valence-electron chi connectivity index (χ2n) is 4.71. The Kier molecular flexibility index (Phi) is 5.85. The summed E-state index contributed by atoms with van der Waals surface area (Å²) in [6.07, 6.45) is 1.56. The fourth-order valence-electron chi connectivity index (χ4n) is 2.07. The van der Waals surface area contributed by atoms with Crippen molar-refractivity contribution in [1.29, 1.82) is 0 Å². The van der Waals surface area contributed by atoms with Crippen molar-refractivity contribution in [2.75, 3.05) is 17.5 Å². The van der Waals surface area contributed by atoms with Crippen molar-refractivity contribution >= 4 is 31.6 Å². The first-order chi connectivity index (χ1) is 11.0. The van der Waals surface area contributed by atoms with Crippen molar-refractivity contribution in [3.05, 3.63) is 65.7 Å². The smallest absolute Gasteiger partial charge is 0.264 e. The predicted octanol–water partition coefficient (Wildman–Crippen LogP) is 4.23. The zero-order valence-corrected chi connectivity index (χ0v) is 15.2. The third kappa shape index (κ3) is 4.14. The van der Waals surface area contributed by atoms with E-state index in [1.165, 1.54) is 4.31 Å². The summed E-state index contributed by atoms with van der Waals surface area (Å²) in [5, 5.41) is 0. The zero-order valence-electron chi connectivity index (χ0n) is 12.8. The number of hydrogen-bond donors (Lipinski definition) is 0. The molecule has 0 aliphatic rings. The van der Waals surface area contributed by atoms with Crippen LogP contribution in [0.1, 0.15) is 6.92 Å². The van der Waals surface area contributed by atoms with E-state index < -0.39 is 10.0 Å². The van der Waals surface area contributed by atoms with E-state index in [0.717, 1.165) is 4.47 Å². The van der Waals surface area contributed by atoms with E-state index in [1.807, 2.05) is 6.92 Å². The van der Waals surface area contributed by atoms with Gasteiger partial charge in [-0.1, -0.05) is 22.0 Å². The average molecular weight is 396 g/mol. The number of rotatable bonds is 7. The van der Waals surface area contributed by atoms with Gasteiger partial charge >= 0.3 is 0 Å². The Bertz CT molecular complexity index is 755. The van der Waals surface area contributed by atoms with Gasteiger partial charge in [-0.25, -0.2) is 8.42 Å². The maximum absolute atomic E-state index is 12.9. The third-order valence-electron chi connectivity index (χ3n) is 3.13. The van der Waals surface area contributed by atoms with Crippen LogP contribution >= 0.6 is 15.9 Å². The first-order valence-electron chi connectivity index (χ1n) is 7.11. The van der Waals surface area contributed by atoms with E-state index in [9.17, 15) is 8.42 Å². The molecule has 2 aromatic carbocycles. The standard InChI is InChI=1S/C17H18BrNO3S/c1-3-13-19(15-7-5-14(18)6-8-15)23(20,21)17-11-9-16(10-12-17)22-4-2/h3,5-12H,1,4,13H2,2H3. The highest BCUT2D eigenvalue weighted by atomic mass is 79.9. The lowest BCUT2D eigenvalue weighted by atomic mass is 10.3. The van der Waals surface area contributed by atoms with E-state index in [-0.39, 0.29) is 11.4 Å². The predicted molar refractivity (Wildman–Crippen MR) is 96.5 cm³/mol. The Morgan fingerprint density at radius 1 is 1.13 bits per heavy atom. The summed E-state index contributed by atoms with van der Waals surface area (Å²) in [5.74, 6) is 0.644. The van der Waals surface area contributed by atoms with Gasteiger partial charge in [0.05, 0.1) is 23.7 Å². The van der Waals surface area contributed by atoms with Crippen molar-refractivity contribution in [1.82, 2.24) is 0 Å². The van der Waals surface area contributed by atoms with Crippen LogP contribution in [0, 0.1) is 0 Å². The summed E-state index contributed by atoms with van der Waals surface area (Å²) in [6, 6.07) is 13.5. The maximum Gasteiger partial charge on any atom is 0.264 e. The molecule has 6 heteroatoms. The van der Waals surface area contributed by atoms with E-state index in [1.54, 1.807) is 54.6 Å². The number of anilines is 1. The molecule has 0 saturated carbocycles. The molecule has 0 fully saturated rings. The normalized spacial score (nSPS) is 11.0. The molecule has 0 heterocycles.